The van der Waals surface area contributed by atoms with E-state index in [-0.39, 0.29) is 11.5 Å². The van der Waals surface area contributed by atoms with Gasteiger partial charge in [0.2, 0.25) is 10.0 Å². The second-order valence-electron chi connectivity index (χ2n) is 4.93. The van der Waals surface area contributed by atoms with Gasteiger partial charge in [0, 0.05) is 6.61 Å². The SMILES string of the molecule is Cc1ccc(C)c(S(=O)(=O)N[C@@H]2CCOC[C@H]2O)c1. The standard InChI is InChI=1S/C13H19NO4S/c1-9-3-4-10(2)13(7-9)19(16,17)14-11-5-6-18-8-12(11)15/h3-4,7,11-12,14-15H,5-6,8H2,1-2H3/t11-,12-/m1/s1. The average Bonchev–Trinajstić information content (AvgIpc) is 2.35. The summed E-state index contributed by atoms with van der Waals surface area (Å²) >= 11 is 0. The van der Waals surface area contributed by atoms with E-state index in [0.717, 1.165) is 5.56 Å². The van der Waals surface area contributed by atoms with Crippen molar-refractivity contribution in [2.24, 2.45) is 0 Å². The molecule has 2 N–H and O–H groups in total. The first-order valence-electron chi connectivity index (χ1n) is 6.25. The number of sulfonamides is 1. The smallest absolute Gasteiger partial charge is 0.241 e. The monoisotopic (exact) mass is 285 g/mol. The Kier molecular flexibility index (Phi) is 4.25. The van der Waals surface area contributed by atoms with E-state index in [1.54, 1.807) is 19.1 Å². The molecular weight excluding hydrogens is 266 g/mol. The van der Waals surface area contributed by atoms with Gasteiger partial charge < -0.3 is 9.84 Å². The van der Waals surface area contributed by atoms with Crippen LogP contribution in [0.2, 0.25) is 0 Å². The van der Waals surface area contributed by atoms with Gasteiger partial charge in [-0.1, -0.05) is 12.1 Å². The molecule has 106 valence electrons. The molecule has 19 heavy (non-hydrogen) atoms. The van der Waals surface area contributed by atoms with Crippen molar-refractivity contribution in [1.82, 2.24) is 4.72 Å². The Labute approximate surface area is 113 Å². The lowest BCUT2D eigenvalue weighted by Gasteiger charge is -2.28. The van der Waals surface area contributed by atoms with Gasteiger partial charge in [-0.25, -0.2) is 13.1 Å². The van der Waals surface area contributed by atoms with Crippen molar-refractivity contribution in [3.05, 3.63) is 29.3 Å². The van der Waals surface area contributed by atoms with E-state index in [9.17, 15) is 13.5 Å². The molecule has 0 bridgehead atoms. The van der Waals surface area contributed by atoms with Crippen molar-refractivity contribution in [3.8, 4) is 0 Å². The first-order valence-corrected chi connectivity index (χ1v) is 7.74. The minimum Gasteiger partial charge on any atom is -0.389 e. The Balaban J connectivity index is 2.24. The minimum atomic E-state index is -3.61. The van der Waals surface area contributed by atoms with Crippen LogP contribution in [0.25, 0.3) is 0 Å². The number of rotatable bonds is 3. The minimum absolute atomic E-state index is 0.167. The molecule has 1 fully saturated rings. The second-order valence-corrected chi connectivity index (χ2v) is 6.61. The van der Waals surface area contributed by atoms with E-state index in [1.807, 2.05) is 13.0 Å². The summed E-state index contributed by atoms with van der Waals surface area (Å²) < 4.78 is 32.4. The molecule has 1 aliphatic rings. The number of ether oxygens (including phenoxy) is 1. The Morgan fingerprint density at radius 3 is 2.79 bits per heavy atom. The lowest BCUT2D eigenvalue weighted by Crippen LogP contribution is -2.48. The van der Waals surface area contributed by atoms with E-state index in [4.69, 9.17) is 4.74 Å². The predicted octanol–water partition coefficient (Wildman–Crippen LogP) is 0.732. The number of aliphatic hydroxyl groups is 1. The maximum absolute atomic E-state index is 12.4. The zero-order valence-electron chi connectivity index (χ0n) is 11.1. The Hall–Kier alpha value is -0.950. The topological polar surface area (TPSA) is 75.6 Å². The van der Waals surface area contributed by atoms with Gasteiger partial charge in [0.25, 0.3) is 0 Å². The van der Waals surface area contributed by atoms with Crippen LogP contribution in [0.4, 0.5) is 0 Å². The van der Waals surface area contributed by atoms with E-state index in [1.165, 1.54) is 0 Å². The highest BCUT2D eigenvalue weighted by Crippen LogP contribution is 2.18. The normalized spacial score (nSPS) is 24.4. The van der Waals surface area contributed by atoms with Gasteiger partial charge >= 0.3 is 0 Å². The summed E-state index contributed by atoms with van der Waals surface area (Å²) in [6.07, 6.45) is -0.320. The van der Waals surface area contributed by atoms with Crippen LogP contribution in [-0.2, 0) is 14.8 Å². The summed E-state index contributed by atoms with van der Waals surface area (Å²) in [5, 5.41) is 9.75. The highest BCUT2D eigenvalue weighted by atomic mass is 32.2. The molecule has 0 aromatic heterocycles. The van der Waals surface area contributed by atoms with Crippen LogP contribution in [-0.4, -0.2) is 38.9 Å². The summed E-state index contributed by atoms with van der Waals surface area (Å²) in [7, 11) is -3.61. The summed E-state index contributed by atoms with van der Waals surface area (Å²) in [6, 6.07) is 4.81. The molecule has 1 aromatic rings. The Bertz CT molecular complexity index is 556. The number of aliphatic hydroxyl groups excluding tert-OH is 1. The van der Waals surface area contributed by atoms with Crippen LogP contribution in [0, 0.1) is 13.8 Å². The third-order valence-electron chi connectivity index (χ3n) is 3.27. The Morgan fingerprint density at radius 2 is 2.11 bits per heavy atom. The van der Waals surface area contributed by atoms with Gasteiger partial charge in [0.15, 0.2) is 0 Å². The molecular formula is C13H19NO4S. The van der Waals surface area contributed by atoms with Gasteiger partial charge in [-0.05, 0) is 37.5 Å². The molecule has 0 unspecified atom stereocenters. The number of hydrogen-bond acceptors (Lipinski definition) is 4. The lowest BCUT2D eigenvalue weighted by atomic mass is 10.1. The second kappa shape index (κ2) is 5.58. The summed E-state index contributed by atoms with van der Waals surface area (Å²) in [6.45, 7) is 4.23. The van der Waals surface area contributed by atoms with Crippen LogP contribution in [0.5, 0.6) is 0 Å². The number of aryl methyl sites for hydroxylation is 2. The van der Waals surface area contributed by atoms with E-state index in [2.05, 4.69) is 4.72 Å². The van der Waals surface area contributed by atoms with Crippen molar-refractivity contribution in [2.45, 2.75) is 37.3 Å². The van der Waals surface area contributed by atoms with Crippen molar-refractivity contribution < 1.29 is 18.3 Å². The van der Waals surface area contributed by atoms with Crippen LogP contribution in [0.15, 0.2) is 23.1 Å². The fourth-order valence-corrected chi connectivity index (χ4v) is 3.75. The van der Waals surface area contributed by atoms with Crippen molar-refractivity contribution >= 4 is 10.0 Å². The fourth-order valence-electron chi connectivity index (χ4n) is 2.12. The summed E-state index contributed by atoms with van der Waals surface area (Å²) in [4.78, 5) is 0.270. The van der Waals surface area contributed by atoms with Crippen LogP contribution in [0.3, 0.4) is 0 Å². The molecule has 2 rings (SSSR count). The van der Waals surface area contributed by atoms with Gasteiger partial charge in [-0.3, -0.25) is 0 Å². The molecule has 0 spiro atoms. The highest BCUT2D eigenvalue weighted by molar-refractivity contribution is 7.89. The molecule has 5 nitrogen and oxygen atoms in total. The molecule has 0 saturated carbocycles. The van der Waals surface area contributed by atoms with Gasteiger partial charge in [-0.2, -0.15) is 0 Å². The summed E-state index contributed by atoms with van der Waals surface area (Å²) in [5.74, 6) is 0. The van der Waals surface area contributed by atoms with Gasteiger partial charge in [0.1, 0.15) is 0 Å². The zero-order chi connectivity index (χ0) is 14.0. The first-order chi connectivity index (χ1) is 8.90. The summed E-state index contributed by atoms with van der Waals surface area (Å²) in [5.41, 5.74) is 1.58. The largest absolute Gasteiger partial charge is 0.389 e. The molecule has 1 aliphatic heterocycles. The number of benzene rings is 1. The average molecular weight is 285 g/mol. The number of nitrogens with one attached hydrogen (secondary N) is 1. The zero-order valence-corrected chi connectivity index (χ0v) is 11.9. The molecule has 1 heterocycles. The predicted molar refractivity (Wildman–Crippen MR) is 71.5 cm³/mol. The lowest BCUT2D eigenvalue weighted by molar-refractivity contribution is -0.0222. The maximum Gasteiger partial charge on any atom is 0.241 e. The third kappa shape index (κ3) is 3.33. The van der Waals surface area contributed by atoms with E-state index >= 15 is 0 Å². The van der Waals surface area contributed by atoms with Crippen LogP contribution >= 0.6 is 0 Å². The molecule has 1 aromatic carbocycles. The molecule has 6 heteroatoms. The molecule has 1 saturated heterocycles. The van der Waals surface area contributed by atoms with Gasteiger partial charge in [0.05, 0.1) is 23.6 Å². The molecule has 0 radical (unpaired) electrons. The quantitative estimate of drug-likeness (QED) is 0.858. The molecule has 0 aliphatic carbocycles. The maximum atomic E-state index is 12.4. The van der Waals surface area contributed by atoms with Crippen LogP contribution < -0.4 is 4.72 Å². The van der Waals surface area contributed by atoms with Crippen molar-refractivity contribution in [2.75, 3.05) is 13.2 Å². The number of hydrogen-bond donors (Lipinski definition) is 2. The van der Waals surface area contributed by atoms with Crippen LogP contribution in [0.1, 0.15) is 17.5 Å². The first kappa shape index (κ1) is 14.5. The van der Waals surface area contributed by atoms with Crippen molar-refractivity contribution in [3.63, 3.8) is 0 Å². The molecule has 2 atom stereocenters. The highest BCUT2D eigenvalue weighted by Gasteiger charge is 2.29. The van der Waals surface area contributed by atoms with Crippen molar-refractivity contribution in [1.29, 1.82) is 0 Å². The third-order valence-corrected chi connectivity index (χ3v) is 4.90. The molecule has 0 amide bonds. The van der Waals surface area contributed by atoms with E-state index in [0.29, 0.717) is 18.6 Å². The fraction of sp³-hybridized carbons (Fsp3) is 0.538. The Morgan fingerprint density at radius 1 is 1.37 bits per heavy atom. The van der Waals surface area contributed by atoms with Gasteiger partial charge in [-0.15, -0.1) is 0 Å². The van der Waals surface area contributed by atoms with E-state index < -0.39 is 22.2 Å².